The Hall–Kier alpha value is -4.68. The zero-order valence-corrected chi connectivity index (χ0v) is 25.1. The lowest BCUT2D eigenvalue weighted by atomic mass is 9.93. The number of aromatic amines is 1. The monoisotopic (exact) mass is 647 g/mol. The molecule has 5 aromatic rings. The number of thiophene rings is 1. The minimum absolute atomic E-state index is 0.0872. The molecule has 1 fully saturated rings. The maximum absolute atomic E-state index is 13.9. The molecule has 2 aromatic carbocycles. The van der Waals surface area contributed by atoms with Crippen molar-refractivity contribution < 1.29 is 22.9 Å². The molecule has 0 unspecified atom stereocenters. The number of fused-ring (bicyclic) bond motifs is 3. The zero-order valence-electron chi connectivity index (χ0n) is 23.5. The van der Waals surface area contributed by atoms with E-state index in [0.29, 0.717) is 62.8 Å². The van der Waals surface area contributed by atoms with Crippen LogP contribution in [0.2, 0.25) is 5.02 Å². The normalized spacial score (nSPS) is 15.4. The lowest BCUT2D eigenvalue weighted by molar-refractivity contribution is 0.0776. The number of rotatable bonds is 8. The quantitative estimate of drug-likeness (QED) is 0.210. The van der Waals surface area contributed by atoms with E-state index in [2.05, 4.69) is 15.5 Å². The largest absolute Gasteiger partial charge is 0.439 e. The van der Waals surface area contributed by atoms with Gasteiger partial charge in [0, 0.05) is 28.6 Å². The lowest BCUT2D eigenvalue weighted by Crippen LogP contribution is -2.23. The van der Waals surface area contributed by atoms with Gasteiger partial charge in [0.15, 0.2) is 5.82 Å². The molecular formula is C32H24ClF2N5O4S. The molecule has 2 aliphatic heterocycles. The van der Waals surface area contributed by atoms with Gasteiger partial charge in [0.2, 0.25) is 0 Å². The summed E-state index contributed by atoms with van der Waals surface area (Å²) in [5, 5.41) is 6.98. The molecule has 7 rings (SSSR count). The van der Waals surface area contributed by atoms with Gasteiger partial charge in [-0.25, -0.2) is 13.6 Å². The van der Waals surface area contributed by atoms with Gasteiger partial charge in [0.1, 0.15) is 11.6 Å². The number of carbonyl (C=O) groups excluding carboxylic acids is 2. The van der Waals surface area contributed by atoms with Crippen LogP contribution in [-0.4, -0.2) is 38.4 Å². The summed E-state index contributed by atoms with van der Waals surface area (Å²) in [6.07, 6.45) is 2.53. The minimum Gasteiger partial charge on any atom is -0.347 e. The van der Waals surface area contributed by atoms with E-state index < -0.39 is 11.6 Å². The molecule has 0 saturated carbocycles. The van der Waals surface area contributed by atoms with Gasteiger partial charge in [0.05, 0.1) is 33.4 Å². The fourth-order valence-electron chi connectivity index (χ4n) is 6.01. The first-order chi connectivity index (χ1) is 21.8. The fourth-order valence-corrected chi connectivity index (χ4v) is 7.22. The van der Waals surface area contributed by atoms with Crippen LogP contribution in [0, 0.1) is 11.6 Å². The number of nitrogens with one attached hydrogen (secondary N) is 2. The van der Waals surface area contributed by atoms with Crippen molar-refractivity contribution in [3.63, 3.8) is 0 Å². The Morgan fingerprint density at radius 3 is 2.60 bits per heavy atom. The van der Waals surface area contributed by atoms with Crippen LogP contribution in [0.25, 0.3) is 21.8 Å². The Labute approximate surface area is 263 Å². The van der Waals surface area contributed by atoms with E-state index in [-0.39, 0.29) is 41.1 Å². The van der Waals surface area contributed by atoms with E-state index in [1.807, 2.05) is 4.90 Å². The number of aromatic nitrogens is 3. The second-order valence-corrected chi connectivity index (χ2v) is 12.4. The lowest BCUT2D eigenvalue weighted by Gasteiger charge is -2.16. The van der Waals surface area contributed by atoms with E-state index >= 15 is 0 Å². The molecule has 3 aromatic heterocycles. The van der Waals surface area contributed by atoms with Crippen molar-refractivity contribution >= 4 is 34.8 Å². The Morgan fingerprint density at radius 1 is 1.04 bits per heavy atom. The van der Waals surface area contributed by atoms with Crippen molar-refractivity contribution in [2.45, 2.75) is 38.3 Å². The molecule has 13 heteroatoms. The van der Waals surface area contributed by atoms with Crippen LogP contribution >= 0.6 is 22.9 Å². The van der Waals surface area contributed by atoms with Crippen molar-refractivity contribution in [2.24, 2.45) is 0 Å². The predicted molar refractivity (Wildman–Crippen MR) is 163 cm³/mol. The molecule has 0 aliphatic carbocycles. The molecule has 0 spiro atoms. The van der Waals surface area contributed by atoms with Gasteiger partial charge < -0.3 is 10.2 Å². The SMILES string of the molecule is O=C(NCc1ccc(F)cc1Cl)c1ccc(-c2c3c(nc(CCc4ccc(F)cc4)c2-c2noc(=O)[nH]2)[C@H]2CCCN2C3=O)s1. The highest BCUT2D eigenvalue weighted by Gasteiger charge is 2.44. The molecule has 9 nitrogen and oxygen atoms in total. The first kappa shape index (κ1) is 29.1. The van der Waals surface area contributed by atoms with Crippen molar-refractivity contribution in [1.29, 1.82) is 0 Å². The molecule has 1 atom stereocenters. The van der Waals surface area contributed by atoms with Crippen LogP contribution in [-0.2, 0) is 19.4 Å². The van der Waals surface area contributed by atoms with Gasteiger partial charge in [-0.2, -0.15) is 0 Å². The average Bonchev–Trinajstić information content (AvgIpc) is 3.83. The highest BCUT2D eigenvalue weighted by atomic mass is 35.5. The van der Waals surface area contributed by atoms with E-state index in [1.165, 1.54) is 41.7 Å². The minimum atomic E-state index is -0.765. The summed E-state index contributed by atoms with van der Waals surface area (Å²) < 4.78 is 31.9. The van der Waals surface area contributed by atoms with Crippen LogP contribution in [0.5, 0.6) is 0 Å². The number of hydrogen-bond acceptors (Lipinski definition) is 7. The first-order valence-corrected chi connectivity index (χ1v) is 15.5. The van der Waals surface area contributed by atoms with Crippen LogP contribution < -0.4 is 11.1 Å². The van der Waals surface area contributed by atoms with Crippen LogP contribution in [0.1, 0.15) is 61.4 Å². The first-order valence-electron chi connectivity index (χ1n) is 14.3. The van der Waals surface area contributed by atoms with Crippen LogP contribution in [0.3, 0.4) is 0 Å². The second-order valence-electron chi connectivity index (χ2n) is 10.9. The van der Waals surface area contributed by atoms with Gasteiger partial charge in [0.25, 0.3) is 11.8 Å². The van der Waals surface area contributed by atoms with E-state index in [1.54, 1.807) is 24.3 Å². The summed E-state index contributed by atoms with van der Waals surface area (Å²) in [5.74, 6) is -2.01. The molecule has 1 saturated heterocycles. The third-order valence-electron chi connectivity index (χ3n) is 8.11. The smallest absolute Gasteiger partial charge is 0.347 e. The number of benzene rings is 2. The molecule has 5 heterocycles. The average molecular weight is 648 g/mol. The summed E-state index contributed by atoms with van der Waals surface area (Å²) in [7, 11) is 0. The van der Waals surface area contributed by atoms with Gasteiger partial charge in [-0.3, -0.25) is 24.1 Å². The molecule has 2 N–H and O–H groups in total. The molecule has 0 radical (unpaired) electrons. The number of hydrogen-bond donors (Lipinski definition) is 2. The zero-order chi connectivity index (χ0) is 31.2. The summed E-state index contributed by atoms with van der Waals surface area (Å²) in [5.41, 5.74) is 4.05. The van der Waals surface area contributed by atoms with E-state index in [0.717, 1.165) is 18.4 Å². The standard InChI is InChI=1S/C32H24ClF2N5O4S/c33-20-14-19(35)9-6-17(20)15-36-30(41)24-12-11-23(45-24)26-25(29-38-32(43)44-39-29)21(10-5-16-3-7-18(34)8-4-16)37-28-22-2-1-13-40(22)31(42)27(26)28/h3-4,6-9,11-12,14,22H,1-2,5,10,13,15H2,(H,36,41)(H,38,39,43)/t22-/m1/s1. The summed E-state index contributed by atoms with van der Waals surface area (Å²) >= 11 is 7.31. The second kappa shape index (κ2) is 11.7. The van der Waals surface area contributed by atoms with Crippen molar-refractivity contribution in [3.8, 4) is 21.8 Å². The van der Waals surface area contributed by atoms with Gasteiger partial charge in [-0.15, -0.1) is 11.3 Å². The van der Waals surface area contributed by atoms with Crippen molar-refractivity contribution in [2.75, 3.05) is 6.54 Å². The summed E-state index contributed by atoms with van der Waals surface area (Å²) in [6.45, 7) is 0.689. The van der Waals surface area contributed by atoms with Crippen LogP contribution in [0.4, 0.5) is 8.78 Å². The predicted octanol–water partition coefficient (Wildman–Crippen LogP) is 6.09. The third-order valence-corrected chi connectivity index (χ3v) is 9.57. The number of amides is 2. The van der Waals surface area contributed by atoms with Crippen molar-refractivity contribution in [3.05, 3.63) is 115 Å². The molecular weight excluding hydrogens is 624 g/mol. The van der Waals surface area contributed by atoms with Crippen LogP contribution in [0.15, 0.2) is 63.9 Å². The molecule has 0 bridgehead atoms. The molecule has 45 heavy (non-hydrogen) atoms. The number of nitrogens with zero attached hydrogens (tertiary/aromatic N) is 3. The number of aryl methyl sites for hydroxylation is 2. The van der Waals surface area contributed by atoms with E-state index in [9.17, 15) is 23.2 Å². The Kier molecular flexibility index (Phi) is 7.54. The van der Waals surface area contributed by atoms with Gasteiger partial charge >= 0.3 is 5.76 Å². The summed E-state index contributed by atoms with van der Waals surface area (Å²) in [6, 6.07) is 13.4. The topological polar surface area (TPSA) is 121 Å². The summed E-state index contributed by atoms with van der Waals surface area (Å²) in [4.78, 5) is 49.6. The molecule has 2 amide bonds. The fraction of sp³-hybridized carbons (Fsp3) is 0.219. The Morgan fingerprint density at radius 2 is 1.84 bits per heavy atom. The maximum Gasteiger partial charge on any atom is 0.439 e. The van der Waals surface area contributed by atoms with E-state index in [4.69, 9.17) is 21.1 Å². The van der Waals surface area contributed by atoms with Gasteiger partial charge in [-0.1, -0.05) is 35.0 Å². The number of H-pyrrole nitrogens is 1. The molecule has 2 aliphatic rings. The number of halogens is 3. The number of carbonyl (C=O) groups is 2. The Bertz CT molecular complexity index is 2020. The van der Waals surface area contributed by atoms with Crippen molar-refractivity contribution in [1.82, 2.24) is 25.3 Å². The van der Waals surface area contributed by atoms with Gasteiger partial charge in [-0.05, 0) is 73.2 Å². The Balaban J connectivity index is 1.31. The highest BCUT2D eigenvalue weighted by molar-refractivity contribution is 7.17. The number of pyridine rings is 1. The maximum atomic E-state index is 13.9. The highest BCUT2D eigenvalue weighted by Crippen LogP contribution is 2.48. The molecule has 228 valence electrons. The third kappa shape index (κ3) is 5.44.